The van der Waals surface area contributed by atoms with Crippen LogP contribution in [0.2, 0.25) is 0 Å². The van der Waals surface area contributed by atoms with Crippen molar-refractivity contribution in [1.29, 1.82) is 0 Å². The molecular weight excluding hydrogens is 226 g/mol. The lowest BCUT2D eigenvalue weighted by molar-refractivity contribution is 0.0982. The number of hydrogen-bond donors (Lipinski definition) is 1. The Hall–Kier alpha value is -1.20. The summed E-state index contributed by atoms with van der Waals surface area (Å²) in [6.07, 6.45) is 1.26. The van der Waals surface area contributed by atoms with Gasteiger partial charge >= 0.3 is 0 Å². The Kier molecular flexibility index (Phi) is 3.83. The predicted molar refractivity (Wildman–Crippen MR) is 62.3 cm³/mol. The van der Waals surface area contributed by atoms with Crippen molar-refractivity contribution in [2.45, 2.75) is 18.2 Å². The lowest BCUT2D eigenvalue weighted by Gasteiger charge is -2.07. The standard InChI is InChI=1S/C11H15NO3S/c1-8-3-4-9(10(13)5-6-12)11(7-8)16(2,14)15/h3-4,7H,5-6,12H2,1-2H3. The average Bonchev–Trinajstić information content (AvgIpc) is 2.16. The first-order valence-electron chi connectivity index (χ1n) is 4.90. The fourth-order valence-corrected chi connectivity index (χ4v) is 2.41. The minimum atomic E-state index is -3.38. The van der Waals surface area contributed by atoms with E-state index in [1.807, 2.05) is 0 Å². The number of aryl methyl sites for hydroxylation is 1. The van der Waals surface area contributed by atoms with Crippen LogP contribution in [0.3, 0.4) is 0 Å². The fraction of sp³-hybridized carbons (Fsp3) is 0.364. The Bertz CT molecular complexity index is 506. The van der Waals surface area contributed by atoms with Crippen LogP contribution >= 0.6 is 0 Å². The maximum Gasteiger partial charge on any atom is 0.176 e. The third-order valence-corrected chi connectivity index (χ3v) is 3.35. The molecule has 0 saturated carbocycles. The zero-order valence-corrected chi connectivity index (χ0v) is 10.2. The van der Waals surface area contributed by atoms with Crippen molar-refractivity contribution in [2.24, 2.45) is 5.73 Å². The quantitative estimate of drug-likeness (QED) is 0.795. The maximum atomic E-state index is 11.7. The fourth-order valence-electron chi connectivity index (χ4n) is 1.43. The van der Waals surface area contributed by atoms with Gasteiger partial charge in [-0.05, 0) is 31.2 Å². The summed E-state index contributed by atoms with van der Waals surface area (Å²) in [7, 11) is -3.38. The predicted octanol–water partition coefficient (Wildman–Crippen LogP) is 0.930. The summed E-state index contributed by atoms with van der Waals surface area (Å²) >= 11 is 0. The summed E-state index contributed by atoms with van der Waals surface area (Å²) in [5, 5.41) is 0. The highest BCUT2D eigenvalue weighted by Crippen LogP contribution is 2.19. The molecule has 0 bridgehead atoms. The normalized spacial score (nSPS) is 11.4. The number of rotatable bonds is 4. The Morgan fingerprint density at radius 1 is 1.38 bits per heavy atom. The van der Waals surface area contributed by atoms with Crippen LogP contribution in [0.5, 0.6) is 0 Å². The first kappa shape index (κ1) is 12.9. The van der Waals surface area contributed by atoms with Gasteiger partial charge in [0.05, 0.1) is 4.90 Å². The van der Waals surface area contributed by atoms with Crippen molar-refractivity contribution in [3.63, 3.8) is 0 Å². The summed E-state index contributed by atoms with van der Waals surface area (Å²) in [6, 6.07) is 4.78. The Balaban J connectivity index is 3.35. The Morgan fingerprint density at radius 3 is 2.50 bits per heavy atom. The molecule has 1 aromatic carbocycles. The largest absolute Gasteiger partial charge is 0.330 e. The number of carbonyl (C=O) groups excluding carboxylic acids is 1. The zero-order valence-electron chi connectivity index (χ0n) is 9.36. The highest BCUT2D eigenvalue weighted by Gasteiger charge is 2.18. The molecule has 0 fully saturated rings. The molecule has 5 heteroatoms. The van der Waals surface area contributed by atoms with Crippen LogP contribution in [0.15, 0.2) is 23.1 Å². The molecule has 0 spiro atoms. The maximum absolute atomic E-state index is 11.7. The molecule has 0 radical (unpaired) electrons. The second kappa shape index (κ2) is 4.76. The number of Topliss-reactive ketones (excluding diaryl/α,β-unsaturated/α-hetero) is 1. The minimum absolute atomic E-state index is 0.0888. The topological polar surface area (TPSA) is 77.2 Å². The SMILES string of the molecule is Cc1ccc(C(=O)CCN)c(S(C)(=O)=O)c1. The zero-order chi connectivity index (χ0) is 12.3. The number of benzene rings is 1. The van der Waals surface area contributed by atoms with Crippen molar-refractivity contribution < 1.29 is 13.2 Å². The molecule has 0 aliphatic rings. The first-order valence-corrected chi connectivity index (χ1v) is 6.79. The Labute approximate surface area is 95.4 Å². The summed E-state index contributed by atoms with van der Waals surface area (Å²) in [5.41, 5.74) is 6.33. The number of nitrogens with two attached hydrogens (primary N) is 1. The number of hydrogen-bond acceptors (Lipinski definition) is 4. The van der Waals surface area contributed by atoms with Crippen LogP contribution in [0.1, 0.15) is 22.3 Å². The van der Waals surface area contributed by atoms with Crippen LogP contribution in [-0.4, -0.2) is 27.0 Å². The molecule has 1 aromatic rings. The lowest BCUT2D eigenvalue weighted by atomic mass is 10.1. The highest BCUT2D eigenvalue weighted by atomic mass is 32.2. The third kappa shape index (κ3) is 2.90. The van der Waals surface area contributed by atoms with Gasteiger partial charge in [0.1, 0.15) is 0 Å². The van der Waals surface area contributed by atoms with Crippen LogP contribution < -0.4 is 5.73 Å². The third-order valence-electron chi connectivity index (χ3n) is 2.21. The molecule has 0 aromatic heterocycles. The number of ketones is 1. The summed E-state index contributed by atoms with van der Waals surface area (Å²) in [5.74, 6) is -0.233. The van der Waals surface area contributed by atoms with Gasteiger partial charge in [0.15, 0.2) is 15.6 Å². The van der Waals surface area contributed by atoms with Gasteiger partial charge in [-0.2, -0.15) is 0 Å². The average molecular weight is 241 g/mol. The molecule has 0 amide bonds. The molecule has 16 heavy (non-hydrogen) atoms. The van der Waals surface area contributed by atoms with Crippen molar-refractivity contribution in [3.05, 3.63) is 29.3 Å². The van der Waals surface area contributed by atoms with E-state index >= 15 is 0 Å². The first-order chi connectivity index (χ1) is 7.36. The van der Waals surface area contributed by atoms with E-state index in [-0.39, 0.29) is 29.2 Å². The molecular formula is C11H15NO3S. The van der Waals surface area contributed by atoms with E-state index in [2.05, 4.69) is 0 Å². The Morgan fingerprint density at radius 2 is 2.00 bits per heavy atom. The van der Waals surface area contributed by atoms with E-state index in [1.165, 1.54) is 6.07 Å². The molecule has 88 valence electrons. The van der Waals surface area contributed by atoms with Crippen molar-refractivity contribution >= 4 is 15.6 Å². The minimum Gasteiger partial charge on any atom is -0.330 e. The van der Waals surface area contributed by atoms with E-state index in [1.54, 1.807) is 19.1 Å². The molecule has 0 saturated heterocycles. The highest BCUT2D eigenvalue weighted by molar-refractivity contribution is 7.90. The van der Waals surface area contributed by atoms with Gasteiger partial charge in [-0.25, -0.2) is 8.42 Å². The van der Waals surface area contributed by atoms with E-state index in [0.29, 0.717) is 0 Å². The van der Waals surface area contributed by atoms with Crippen LogP contribution in [-0.2, 0) is 9.84 Å². The molecule has 4 nitrogen and oxygen atoms in total. The molecule has 0 aliphatic heterocycles. The van der Waals surface area contributed by atoms with Crippen LogP contribution in [0, 0.1) is 6.92 Å². The van der Waals surface area contributed by atoms with E-state index in [9.17, 15) is 13.2 Å². The second-order valence-electron chi connectivity index (χ2n) is 3.73. The van der Waals surface area contributed by atoms with Gasteiger partial charge in [0.2, 0.25) is 0 Å². The van der Waals surface area contributed by atoms with Crippen LogP contribution in [0.4, 0.5) is 0 Å². The number of carbonyl (C=O) groups is 1. The molecule has 1 rings (SSSR count). The van der Waals surface area contributed by atoms with Gasteiger partial charge < -0.3 is 5.73 Å². The lowest BCUT2D eigenvalue weighted by Crippen LogP contribution is -2.12. The molecule has 0 heterocycles. The molecule has 0 atom stereocenters. The van der Waals surface area contributed by atoms with E-state index in [0.717, 1.165) is 11.8 Å². The van der Waals surface area contributed by atoms with Crippen molar-refractivity contribution in [1.82, 2.24) is 0 Å². The summed E-state index contributed by atoms with van der Waals surface area (Å²) in [4.78, 5) is 11.8. The van der Waals surface area contributed by atoms with Gasteiger partial charge in [-0.15, -0.1) is 0 Å². The smallest absolute Gasteiger partial charge is 0.176 e. The van der Waals surface area contributed by atoms with Crippen LogP contribution in [0.25, 0.3) is 0 Å². The van der Waals surface area contributed by atoms with Gasteiger partial charge in [0.25, 0.3) is 0 Å². The summed E-state index contributed by atoms with van der Waals surface area (Å²) < 4.78 is 23.1. The molecule has 0 unspecified atom stereocenters. The van der Waals surface area contributed by atoms with Gasteiger partial charge in [-0.1, -0.05) is 6.07 Å². The monoisotopic (exact) mass is 241 g/mol. The van der Waals surface area contributed by atoms with Gasteiger partial charge in [-0.3, -0.25) is 4.79 Å². The van der Waals surface area contributed by atoms with Crippen molar-refractivity contribution in [2.75, 3.05) is 12.8 Å². The number of sulfone groups is 1. The van der Waals surface area contributed by atoms with E-state index in [4.69, 9.17) is 5.73 Å². The van der Waals surface area contributed by atoms with Crippen molar-refractivity contribution in [3.8, 4) is 0 Å². The van der Waals surface area contributed by atoms with Gasteiger partial charge in [0, 0.05) is 18.2 Å². The molecule has 0 aliphatic carbocycles. The molecule has 2 N–H and O–H groups in total. The van der Waals surface area contributed by atoms with E-state index < -0.39 is 9.84 Å². The summed E-state index contributed by atoms with van der Waals surface area (Å²) in [6.45, 7) is 2.00. The second-order valence-corrected chi connectivity index (χ2v) is 5.72.